The minimum atomic E-state index is -0.357. The Morgan fingerprint density at radius 2 is 1.94 bits per heavy atom. The van der Waals surface area contributed by atoms with Crippen molar-refractivity contribution in [1.29, 1.82) is 0 Å². The van der Waals surface area contributed by atoms with E-state index >= 15 is 0 Å². The molecule has 1 saturated heterocycles. The highest BCUT2D eigenvalue weighted by Gasteiger charge is 2.19. The molecule has 0 atom stereocenters. The SMILES string of the molecule is Cc1c(-c2ccccn2)nc2cccc(F)c2c1Nc1cc(N2CCOCC2)cnc1N. The van der Waals surface area contributed by atoms with Crippen molar-refractivity contribution in [2.24, 2.45) is 0 Å². The van der Waals surface area contributed by atoms with Gasteiger partial charge in [-0.3, -0.25) is 4.98 Å². The summed E-state index contributed by atoms with van der Waals surface area (Å²) in [5.74, 6) is -0.0221. The lowest BCUT2D eigenvalue weighted by molar-refractivity contribution is 0.122. The number of hydrogen-bond acceptors (Lipinski definition) is 7. The van der Waals surface area contributed by atoms with E-state index in [-0.39, 0.29) is 5.82 Å². The van der Waals surface area contributed by atoms with E-state index in [1.807, 2.05) is 31.2 Å². The normalized spacial score (nSPS) is 14.0. The van der Waals surface area contributed by atoms with Gasteiger partial charge in [0.2, 0.25) is 0 Å². The van der Waals surface area contributed by atoms with Crippen LogP contribution >= 0.6 is 0 Å². The van der Waals surface area contributed by atoms with Crippen LogP contribution in [-0.4, -0.2) is 41.3 Å². The third-order valence-electron chi connectivity index (χ3n) is 5.65. The minimum Gasteiger partial charge on any atom is -0.382 e. The summed E-state index contributed by atoms with van der Waals surface area (Å²) < 4.78 is 20.4. The Morgan fingerprint density at radius 3 is 2.72 bits per heavy atom. The number of morpholine rings is 1. The molecule has 0 spiro atoms. The summed E-state index contributed by atoms with van der Waals surface area (Å²) in [6.45, 7) is 4.79. The first-order valence-electron chi connectivity index (χ1n) is 10.5. The Kier molecular flexibility index (Phi) is 5.28. The van der Waals surface area contributed by atoms with Gasteiger partial charge in [0, 0.05) is 24.8 Å². The van der Waals surface area contributed by atoms with Gasteiger partial charge in [0.05, 0.1) is 58.8 Å². The fourth-order valence-electron chi connectivity index (χ4n) is 3.97. The lowest BCUT2D eigenvalue weighted by Crippen LogP contribution is -2.36. The zero-order valence-electron chi connectivity index (χ0n) is 17.7. The molecule has 0 saturated carbocycles. The number of nitrogen functional groups attached to an aromatic ring is 1. The molecule has 3 N–H and O–H groups in total. The molecule has 1 aliphatic heterocycles. The first-order chi connectivity index (χ1) is 15.6. The molecule has 8 heteroatoms. The Morgan fingerprint density at radius 1 is 1.09 bits per heavy atom. The van der Waals surface area contributed by atoms with E-state index in [4.69, 9.17) is 15.5 Å². The van der Waals surface area contributed by atoms with Crippen LogP contribution in [0.25, 0.3) is 22.3 Å². The van der Waals surface area contributed by atoms with Gasteiger partial charge in [-0.2, -0.15) is 0 Å². The van der Waals surface area contributed by atoms with Crippen molar-refractivity contribution in [3.05, 3.63) is 66.2 Å². The standard InChI is InChI=1S/C24H23FN6O/c1-15-22(19-6-2-3-8-27-19)29-18-7-4-5-17(25)21(18)23(15)30-20-13-16(14-28-24(20)26)31-9-11-32-12-10-31/h2-8,13-14H,9-12H2,1H3,(H2,26,28)(H,29,30). The molecule has 5 rings (SSSR count). The summed E-state index contributed by atoms with van der Waals surface area (Å²) in [6, 6.07) is 12.5. The van der Waals surface area contributed by atoms with E-state index in [0.717, 1.165) is 24.3 Å². The topological polar surface area (TPSA) is 89.2 Å². The number of hydrogen-bond donors (Lipinski definition) is 2. The molecular formula is C24H23FN6O. The minimum absolute atomic E-state index is 0.335. The average molecular weight is 430 g/mol. The lowest BCUT2D eigenvalue weighted by atomic mass is 10.0. The molecule has 3 aromatic heterocycles. The summed E-state index contributed by atoms with van der Waals surface area (Å²) in [5, 5.41) is 3.76. The molecule has 0 unspecified atom stereocenters. The van der Waals surface area contributed by atoms with Crippen molar-refractivity contribution >= 4 is 33.8 Å². The molecule has 4 aromatic rings. The molecule has 4 heterocycles. The van der Waals surface area contributed by atoms with Crippen molar-refractivity contribution < 1.29 is 9.13 Å². The number of ether oxygens (including phenoxy) is 1. The Bertz CT molecular complexity index is 1270. The summed E-state index contributed by atoms with van der Waals surface area (Å²) in [5.41, 5.74) is 11.1. The first-order valence-corrected chi connectivity index (χ1v) is 10.5. The maximum atomic E-state index is 15.0. The number of benzene rings is 1. The molecule has 0 radical (unpaired) electrons. The quantitative estimate of drug-likeness (QED) is 0.499. The van der Waals surface area contributed by atoms with Gasteiger partial charge in [0.15, 0.2) is 0 Å². The van der Waals surface area contributed by atoms with Gasteiger partial charge in [-0.25, -0.2) is 14.4 Å². The molecule has 0 bridgehead atoms. The van der Waals surface area contributed by atoms with Gasteiger partial charge >= 0.3 is 0 Å². The molecule has 7 nitrogen and oxygen atoms in total. The fourth-order valence-corrected chi connectivity index (χ4v) is 3.97. The maximum Gasteiger partial charge on any atom is 0.147 e. The number of halogens is 1. The van der Waals surface area contributed by atoms with Crippen molar-refractivity contribution in [3.63, 3.8) is 0 Å². The number of anilines is 4. The van der Waals surface area contributed by atoms with Gasteiger partial charge in [0.25, 0.3) is 0 Å². The number of nitrogens with one attached hydrogen (secondary N) is 1. The van der Waals surface area contributed by atoms with Crippen LogP contribution in [0.2, 0.25) is 0 Å². The average Bonchev–Trinajstić information content (AvgIpc) is 2.83. The zero-order valence-corrected chi connectivity index (χ0v) is 17.7. The van der Waals surface area contributed by atoms with Crippen molar-refractivity contribution in [3.8, 4) is 11.4 Å². The second-order valence-corrected chi connectivity index (χ2v) is 7.66. The molecule has 0 amide bonds. The largest absolute Gasteiger partial charge is 0.382 e. The molecule has 162 valence electrons. The van der Waals surface area contributed by atoms with Crippen molar-refractivity contribution in [2.75, 3.05) is 42.3 Å². The maximum absolute atomic E-state index is 15.0. The molecule has 32 heavy (non-hydrogen) atoms. The summed E-state index contributed by atoms with van der Waals surface area (Å²) in [4.78, 5) is 15.7. The highest BCUT2D eigenvalue weighted by Crippen LogP contribution is 2.37. The van der Waals surface area contributed by atoms with Gasteiger partial charge in [-0.15, -0.1) is 0 Å². The highest BCUT2D eigenvalue weighted by molar-refractivity contribution is 5.98. The molecule has 1 aliphatic rings. The zero-order chi connectivity index (χ0) is 22.1. The van der Waals surface area contributed by atoms with E-state index in [0.29, 0.717) is 52.7 Å². The summed E-state index contributed by atoms with van der Waals surface area (Å²) in [6.07, 6.45) is 3.47. The van der Waals surface area contributed by atoms with Gasteiger partial charge < -0.3 is 20.7 Å². The second kappa shape index (κ2) is 8.39. The predicted octanol–water partition coefficient (Wildman–Crippen LogP) is 4.30. The third-order valence-corrected chi connectivity index (χ3v) is 5.65. The molecule has 1 fully saturated rings. The van der Waals surface area contributed by atoms with Crippen LogP contribution in [0.5, 0.6) is 0 Å². The molecule has 0 aliphatic carbocycles. The van der Waals surface area contributed by atoms with Crippen LogP contribution in [0.4, 0.5) is 27.3 Å². The second-order valence-electron chi connectivity index (χ2n) is 7.66. The van der Waals surface area contributed by atoms with E-state index < -0.39 is 0 Å². The van der Waals surface area contributed by atoms with Gasteiger partial charge in [-0.05, 0) is 37.3 Å². The van der Waals surface area contributed by atoms with Gasteiger partial charge in [-0.1, -0.05) is 12.1 Å². The number of nitrogens with two attached hydrogens (primary N) is 1. The smallest absolute Gasteiger partial charge is 0.147 e. The van der Waals surface area contributed by atoms with E-state index in [2.05, 4.69) is 20.2 Å². The molecule has 1 aromatic carbocycles. The van der Waals surface area contributed by atoms with Crippen LogP contribution in [0.15, 0.2) is 54.9 Å². The number of nitrogens with zero attached hydrogens (tertiary/aromatic N) is 4. The van der Waals surface area contributed by atoms with Gasteiger partial charge in [0.1, 0.15) is 11.6 Å². The van der Waals surface area contributed by atoms with Crippen LogP contribution in [-0.2, 0) is 4.74 Å². The lowest BCUT2D eigenvalue weighted by Gasteiger charge is -2.29. The number of rotatable bonds is 4. The van der Waals surface area contributed by atoms with Crippen LogP contribution < -0.4 is 16.0 Å². The number of pyridine rings is 3. The number of fused-ring (bicyclic) bond motifs is 1. The third kappa shape index (κ3) is 3.69. The monoisotopic (exact) mass is 430 g/mol. The summed E-state index contributed by atoms with van der Waals surface area (Å²) in [7, 11) is 0. The Hall–Kier alpha value is -3.78. The van der Waals surface area contributed by atoms with E-state index in [1.165, 1.54) is 6.07 Å². The van der Waals surface area contributed by atoms with Crippen LogP contribution in [0.3, 0.4) is 0 Å². The van der Waals surface area contributed by atoms with Crippen LogP contribution in [0, 0.1) is 12.7 Å². The fraction of sp³-hybridized carbons (Fsp3) is 0.208. The predicted molar refractivity (Wildman–Crippen MR) is 125 cm³/mol. The Labute approximate surface area is 185 Å². The van der Waals surface area contributed by atoms with Crippen LogP contribution in [0.1, 0.15) is 5.56 Å². The highest BCUT2D eigenvalue weighted by atomic mass is 19.1. The van der Waals surface area contributed by atoms with E-state index in [9.17, 15) is 4.39 Å². The Balaban J connectivity index is 1.65. The van der Waals surface area contributed by atoms with Crippen molar-refractivity contribution in [2.45, 2.75) is 6.92 Å². The summed E-state index contributed by atoms with van der Waals surface area (Å²) >= 11 is 0. The first kappa shape index (κ1) is 20.1. The number of aromatic nitrogens is 3. The van der Waals surface area contributed by atoms with E-state index in [1.54, 1.807) is 24.5 Å². The van der Waals surface area contributed by atoms with Crippen molar-refractivity contribution in [1.82, 2.24) is 15.0 Å². The molecular weight excluding hydrogens is 407 g/mol.